The van der Waals surface area contributed by atoms with Gasteiger partial charge in [0.2, 0.25) is 0 Å². The summed E-state index contributed by atoms with van der Waals surface area (Å²) >= 11 is 0. The van der Waals surface area contributed by atoms with Crippen molar-refractivity contribution in [2.24, 2.45) is 10.8 Å². The summed E-state index contributed by atoms with van der Waals surface area (Å²) < 4.78 is 6.29. The summed E-state index contributed by atoms with van der Waals surface area (Å²) in [7, 11) is 0. The first-order chi connectivity index (χ1) is 12.5. The summed E-state index contributed by atoms with van der Waals surface area (Å²) in [6.07, 6.45) is 0. The van der Waals surface area contributed by atoms with Crippen LogP contribution >= 0.6 is 0 Å². The number of hydrogen-bond acceptors (Lipinski definition) is 4. The Morgan fingerprint density at radius 2 is 1.70 bits per heavy atom. The second kappa shape index (κ2) is 5.57. The molecule has 2 saturated heterocycles. The fraction of sp³-hybridized carbons (Fsp3) is 0.478. The second-order valence-electron chi connectivity index (χ2n) is 9.47. The normalized spacial score (nSPS) is 29.3. The van der Waals surface area contributed by atoms with Crippen molar-refractivity contribution in [1.82, 2.24) is 0 Å². The lowest BCUT2D eigenvalue weighted by molar-refractivity contribution is -0.626. The number of phenols is 1. The average Bonchev–Trinajstić information content (AvgIpc) is 2.69. The molecule has 144 valence electrons. The van der Waals surface area contributed by atoms with Gasteiger partial charge in [-0.3, -0.25) is 0 Å². The Morgan fingerprint density at radius 1 is 1.00 bits per heavy atom. The van der Waals surface area contributed by atoms with E-state index in [1.54, 1.807) is 12.1 Å². The van der Waals surface area contributed by atoms with Gasteiger partial charge in [0.05, 0.1) is 6.61 Å². The fourth-order valence-corrected chi connectivity index (χ4v) is 5.09. The van der Waals surface area contributed by atoms with Crippen molar-refractivity contribution in [3.05, 3.63) is 53.6 Å². The van der Waals surface area contributed by atoms with Crippen LogP contribution in [0.25, 0.3) is 11.1 Å². The molecule has 2 fully saturated rings. The van der Waals surface area contributed by atoms with Crippen LogP contribution in [-0.4, -0.2) is 17.3 Å². The molecule has 0 amide bonds. The Balaban J connectivity index is 1.91. The van der Waals surface area contributed by atoms with Crippen LogP contribution in [0.2, 0.25) is 0 Å². The molecule has 0 saturated carbocycles. The van der Waals surface area contributed by atoms with Gasteiger partial charge in [-0.1, -0.05) is 58.9 Å². The molecule has 0 aliphatic carbocycles. The zero-order chi connectivity index (χ0) is 19.7. The molecule has 0 radical (unpaired) electrons. The van der Waals surface area contributed by atoms with Crippen molar-refractivity contribution in [3.63, 3.8) is 0 Å². The van der Waals surface area contributed by atoms with E-state index in [4.69, 9.17) is 14.5 Å². The highest BCUT2D eigenvalue weighted by molar-refractivity contribution is 5.69. The summed E-state index contributed by atoms with van der Waals surface area (Å²) in [6, 6.07) is 13.7. The highest BCUT2D eigenvalue weighted by Gasteiger charge is 2.81. The monoisotopic (exact) mass is 368 g/mol. The van der Waals surface area contributed by atoms with Crippen LogP contribution in [0.1, 0.15) is 45.7 Å². The van der Waals surface area contributed by atoms with E-state index in [-0.39, 0.29) is 16.6 Å². The Morgan fingerprint density at radius 3 is 2.30 bits per heavy atom. The van der Waals surface area contributed by atoms with E-state index in [0.29, 0.717) is 6.61 Å². The van der Waals surface area contributed by atoms with Crippen LogP contribution in [0.5, 0.6) is 5.75 Å². The summed E-state index contributed by atoms with van der Waals surface area (Å²) in [5.41, 5.74) is 2.79. The fourth-order valence-electron chi connectivity index (χ4n) is 5.09. The largest absolute Gasteiger partial charge is 0.508 e. The minimum atomic E-state index is -1.04. The molecular weight excluding hydrogens is 340 g/mol. The molecule has 2 aliphatic heterocycles. The standard InChI is InChI=1S/C23H28O4/c1-15-9-7-8-10-19(15)16-11-17(13-18(24)12-16)22-23(27-26-22,20(2,3)4)21(5,6)14-25-22/h7-13,24H,14H2,1-6H3. The molecule has 1 N–H and O–H groups in total. The highest BCUT2D eigenvalue weighted by Crippen LogP contribution is 2.69. The minimum Gasteiger partial charge on any atom is -0.508 e. The minimum absolute atomic E-state index is 0.187. The van der Waals surface area contributed by atoms with E-state index in [9.17, 15) is 5.11 Å². The molecule has 0 aromatic heterocycles. The predicted molar refractivity (Wildman–Crippen MR) is 104 cm³/mol. The van der Waals surface area contributed by atoms with E-state index >= 15 is 0 Å². The van der Waals surface area contributed by atoms with Crippen molar-refractivity contribution in [1.29, 1.82) is 0 Å². The maximum absolute atomic E-state index is 10.5. The SMILES string of the molecule is Cc1ccccc1-c1cc(O)cc(C23OCC(C)(C)C2(C(C)(C)C)OO3)c1. The van der Waals surface area contributed by atoms with Crippen LogP contribution < -0.4 is 0 Å². The molecule has 2 aromatic carbocycles. The summed E-state index contributed by atoms with van der Waals surface area (Å²) in [5.74, 6) is -0.850. The van der Waals surface area contributed by atoms with Crippen LogP contribution in [0.15, 0.2) is 42.5 Å². The molecule has 4 heteroatoms. The number of aryl methyl sites for hydroxylation is 1. The molecule has 2 aliphatic rings. The summed E-state index contributed by atoms with van der Waals surface area (Å²) in [6.45, 7) is 13.3. The number of hydrogen-bond donors (Lipinski definition) is 1. The lowest BCUT2D eigenvalue weighted by Gasteiger charge is -2.61. The van der Waals surface area contributed by atoms with Crippen molar-refractivity contribution >= 4 is 0 Å². The van der Waals surface area contributed by atoms with E-state index in [1.165, 1.54) is 0 Å². The van der Waals surface area contributed by atoms with E-state index < -0.39 is 11.4 Å². The smallest absolute Gasteiger partial charge is 0.261 e. The summed E-state index contributed by atoms with van der Waals surface area (Å²) in [5, 5.41) is 10.5. The molecular formula is C23H28O4. The van der Waals surface area contributed by atoms with Crippen LogP contribution in [0, 0.1) is 17.8 Å². The highest BCUT2D eigenvalue weighted by atomic mass is 17.3. The number of rotatable bonds is 2. The van der Waals surface area contributed by atoms with Crippen LogP contribution in [-0.2, 0) is 20.3 Å². The van der Waals surface area contributed by atoms with E-state index in [0.717, 1.165) is 22.3 Å². The number of aromatic hydroxyl groups is 1. The number of fused-ring (bicyclic) bond motifs is 1. The van der Waals surface area contributed by atoms with Crippen LogP contribution in [0.4, 0.5) is 0 Å². The third-order valence-electron chi connectivity index (χ3n) is 6.15. The molecule has 2 heterocycles. The first kappa shape index (κ1) is 18.5. The van der Waals surface area contributed by atoms with Gasteiger partial charge in [0, 0.05) is 16.4 Å². The number of ether oxygens (including phenoxy) is 1. The first-order valence-electron chi connectivity index (χ1n) is 9.45. The summed E-state index contributed by atoms with van der Waals surface area (Å²) in [4.78, 5) is 11.6. The number of benzene rings is 2. The average molecular weight is 368 g/mol. The van der Waals surface area contributed by atoms with Gasteiger partial charge in [-0.15, -0.1) is 0 Å². The Kier molecular flexibility index (Phi) is 3.81. The molecule has 27 heavy (non-hydrogen) atoms. The topological polar surface area (TPSA) is 47.9 Å². The number of phenolic OH excluding ortho intramolecular Hbond substituents is 1. The molecule has 2 aromatic rings. The van der Waals surface area contributed by atoms with Gasteiger partial charge < -0.3 is 9.84 Å². The quantitative estimate of drug-likeness (QED) is 0.729. The van der Waals surface area contributed by atoms with Crippen molar-refractivity contribution in [2.75, 3.05) is 6.61 Å². The van der Waals surface area contributed by atoms with Gasteiger partial charge in [-0.05, 0) is 41.8 Å². The zero-order valence-electron chi connectivity index (χ0n) is 16.9. The van der Waals surface area contributed by atoms with Gasteiger partial charge in [0.15, 0.2) is 5.60 Å². The molecule has 4 rings (SSSR count). The lowest BCUT2D eigenvalue weighted by Crippen LogP contribution is -2.73. The van der Waals surface area contributed by atoms with Gasteiger partial charge in [-0.25, -0.2) is 4.89 Å². The molecule has 0 bridgehead atoms. The zero-order valence-corrected chi connectivity index (χ0v) is 16.9. The Hall–Kier alpha value is -1.88. The predicted octanol–water partition coefficient (Wildman–Crippen LogP) is 5.32. The van der Waals surface area contributed by atoms with Crippen molar-refractivity contribution in [2.45, 2.75) is 52.9 Å². The molecule has 0 spiro atoms. The Bertz CT molecular complexity index is 895. The van der Waals surface area contributed by atoms with E-state index in [1.807, 2.05) is 18.2 Å². The first-order valence-corrected chi connectivity index (χ1v) is 9.45. The molecule has 2 unspecified atom stereocenters. The van der Waals surface area contributed by atoms with Gasteiger partial charge in [-0.2, -0.15) is 4.89 Å². The Labute approximate surface area is 161 Å². The van der Waals surface area contributed by atoms with Crippen molar-refractivity contribution < 1.29 is 19.6 Å². The lowest BCUT2D eigenvalue weighted by atomic mass is 9.57. The van der Waals surface area contributed by atoms with Gasteiger partial charge >= 0.3 is 0 Å². The third kappa shape index (κ3) is 2.27. The molecule has 4 nitrogen and oxygen atoms in total. The third-order valence-corrected chi connectivity index (χ3v) is 6.15. The van der Waals surface area contributed by atoms with Gasteiger partial charge in [0.25, 0.3) is 5.79 Å². The second-order valence-corrected chi connectivity index (χ2v) is 9.47. The van der Waals surface area contributed by atoms with Gasteiger partial charge in [0.1, 0.15) is 5.75 Å². The molecule has 2 atom stereocenters. The maximum atomic E-state index is 10.5. The maximum Gasteiger partial charge on any atom is 0.261 e. The van der Waals surface area contributed by atoms with Crippen molar-refractivity contribution in [3.8, 4) is 16.9 Å². The van der Waals surface area contributed by atoms with Crippen LogP contribution in [0.3, 0.4) is 0 Å². The van der Waals surface area contributed by atoms with E-state index in [2.05, 4.69) is 53.7 Å².